The smallest absolute Gasteiger partial charge is 0.207 e. The zero-order valence-electron chi connectivity index (χ0n) is 12.9. The molecule has 2 aromatic heterocycles. The summed E-state index contributed by atoms with van der Waals surface area (Å²) in [7, 11) is 1.80. The molecule has 0 amide bonds. The van der Waals surface area contributed by atoms with Gasteiger partial charge in [0.2, 0.25) is 5.78 Å². The Balaban J connectivity index is 2.10. The quantitative estimate of drug-likeness (QED) is 0.378. The van der Waals surface area contributed by atoms with Crippen molar-refractivity contribution in [3.63, 3.8) is 0 Å². The number of Topliss-reactive ketones (excluding diaryl/α,β-unsaturated/α-hetero) is 1. The number of fused-ring (bicyclic) bond motifs is 1. The average molecular weight is 402 g/mol. The molecule has 0 N–H and O–H groups in total. The molecule has 0 unspecified atom stereocenters. The fourth-order valence-corrected chi connectivity index (χ4v) is 3.14. The summed E-state index contributed by atoms with van der Waals surface area (Å²) in [5.41, 5.74) is 1.80. The number of benzene rings is 1. The van der Waals surface area contributed by atoms with Gasteiger partial charge in [0.15, 0.2) is 11.1 Å². The van der Waals surface area contributed by atoms with E-state index in [1.807, 2.05) is 30.5 Å². The van der Waals surface area contributed by atoms with Gasteiger partial charge in [-0.1, -0.05) is 23.9 Å². The number of aryl methyl sites for hydroxylation is 1. The second-order valence-corrected chi connectivity index (χ2v) is 6.63. The molecule has 1 aromatic carbocycles. The van der Waals surface area contributed by atoms with Crippen LogP contribution in [0.1, 0.15) is 22.2 Å². The second kappa shape index (κ2) is 6.71. The maximum Gasteiger partial charge on any atom is 0.207 e. The van der Waals surface area contributed by atoms with E-state index in [-0.39, 0.29) is 5.69 Å². The first-order valence-electron chi connectivity index (χ1n) is 6.98. The number of ketones is 1. The minimum Gasteiger partial charge on any atom is -0.330 e. The van der Waals surface area contributed by atoms with Crippen molar-refractivity contribution in [3.05, 3.63) is 46.5 Å². The monoisotopic (exact) mass is 401 g/mol. The second-order valence-electron chi connectivity index (χ2n) is 5.00. The van der Waals surface area contributed by atoms with E-state index in [0.29, 0.717) is 15.5 Å². The highest BCUT2D eigenvalue weighted by Gasteiger charge is 2.29. The fraction of sp³-hybridized carbons (Fsp3) is 0.188. The van der Waals surface area contributed by atoms with Gasteiger partial charge in [-0.2, -0.15) is 5.26 Å². The number of thioether (sulfide) groups is 1. The molecule has 8 heteroatoms. The van der Waals surface area contributed by atoms with E-state index >= 15 is 0 Å². The molecule has 1 atom stereocenters. The maximum atomic E-state index is 12.9. The topological polar surface area (TPSA) is 84.5 Å². The lowest BCUT2D eigenvalue weighted by molar-refractivity contribution is 0.0968. The van der Waals surface area contributed by atoms with Gasteiger partial charge in [-0.05, 0) is 34.3 Å². The zero-order valence-corrected chi connectivity index (χ0v) is 15.3. The molecule has 24 heavy (non-hydrogen) atoms. The van der Waals surface area contributed by atoms with Crippen LogP contribution in [-0.2, 0) is 7.05 Å². The Labute approximate surface area is 151 Å². The SMILES string of the molecule is CSc1ncc(Br)c(C(=O)[C@@H](C#N)c2nc3ccccc3n2C)n1. The Morgan fingerprint density at radius 2 is 2.12 bits per heavy atom. The molecular weight excluding hydrogens is 390 g/mol. The average Bonchev–Trinajstić information content (AvgIpc) is 2.93. The molecule has 120 valence electrons. The first kappa shape index (κ1) is 16.6. The highest BCUT2D eigenvalue weighted by molar-refractivity contribution is 9.10. The van der Waals surface area contributed by atoms with Gasteiger partial charge in [0, 0.05) is 13.2 Å². The van der Waals surface area contributed by atoms with Gasteiger partial charge in [0.1, 0.15) is 11.5 Å². The van der Waals surface area contributed by atoms with Crippen molar-refractivity contribution in [3.8, 4) is 6.07 Å². The van der Waals surface area contributed by atoms with Crippen LogP contribution in [0.15, 0.2) is 40.1 Å². The van der Waals surface area contributed by atoms with Crippen molar-refractivity contribution in [2.75, 3.05) is 6.26 Å². The van der Waals surface area contributed by atoms with E-state index < -0.39 is 11.7 Å². The van der Waals surface area contributed by atoms with Crippen LogP contribution < -0.4 is 0 Å². The van der Waals surface area contributed by atoms with Crippen LogP contribution in [0.3, 0.4) is 0 Å². The van der Waals surface area contributed by atoms with E-state index in [2.05, 4.69) is 37.0 Å². The molecular formula is C16H12BrN5OS. The minimum absolute atomic E-state index is 0.188. The Kier molecular flexibility index (Phi) is 4.64. The third-order valence-corrected chi connectivity index (χ3v) is 4.75. The van der Waals surface area contributed by atoms with Gasteiger partial charge in [0.05, 0.1) is 21.6 Å². The van der Waals surface area contributed by atoms with Crippen LogP contribution in [0, 0.1) is 11.3 Å². The van der Waals surface area contributed by atoms with E-state index in [0.717, 1.165) is 11.0 Å². The van der Waals surface area contributed by atoms with Crippen LogP contribution in [0.5, 0.6) is 0 Å². The molecule has 2 heterocycles. The summed E-state index contributed by atoms with van der Waals surface area (Å²) in [4.78, 5) is 25.7. The predicted molar refractivity (Wildman–Crippen MR) is 94.9 cm³/mol. The van der Waals surface area contributed by atoms with E-state index in [1.54, 1.807) is 11.6 Å². The standard InChI is InChI=1S/C16H12BrN5OS/c1-22-12-6-4-3-5-11(12)20-15(22)9(7-18)14(23)13-10(17)8-19-16(21-13)24-2/h3-6,8-9H,1-2H3/t9-/m1/s1. The van der Waals surface area contributed by atoms with Crippen molar-refractivity contribution in [1.82, 2.24) is 19.5 Å². The highest BCUT2D eigenvalue weighted by Crippen LogP contribution is 2.26. The molecule has 0 saturated carbocycles. The summed E-state index contributed by atoms with van der Waals surface area (Å²) in [6, 6.07) is 9.57. The van der Waals surface area contributed by atoms with Gasteiger partial charge in [-0.15, -0.1) is 0 Å². The molecule has 6 nitrogen and oxygen atoms in total. The molecule has 0 spiro atoms. The van der Waals surface area contributed by atoms with Crippen molar-refractivity contribution < 1.29 is 4.79 Å². The Morgan fingerprint density at radius 1 is 1.38 bits per heavy atom. The number of rotatable bonds is 4. The first-order chi connectivity index (χ1) is 11.6. The molecule has 0 radical (unpaired) electrons. The van der Waals surface area contributed by atoms with Gasteiger partial charge in [-0.25, -0.2) is 15.0 Å². The van der Waals surface area contributed by atoms with Crippen molar-refractivity contribution in [2.24, 2.45) is 7.05 Å². The number of carbonyl (C=O) groups excluding carboxylic acids is 1. The van der Waals surface area contributed by atoms with Crippen molar-refractivity contribution >= 4 is 44.5 Å². The zero-order chi connectivity index (χ0) is 17.3. The first-order valence-corrected chi connectivity index (χ1v) is 9.00. The lowest BCUT2D eigenvalue weighted by Crippen LogP contribution is -2.17. The Bertz CT molecular complexity index is 978. The number of halogens is 1. The molecule has 3 rings (SSSR count). The Hall–Kier alpha value is -2.24. The van der Waals surface area contributed by atoms with Gasteiger partial charge < -0.3 is 4.57 Å². The van der Waals surface area contributed by atoms with Gasteiger partial charge >= 0.3 is 0 Å². The third kappa shape index (κ3) is 2.81. The highest BCUT2D eigenvalue weighted by atomic mass is 79.9. The lowest BCUT2D eigenvalue weighted by atomic mass is 10.0. The van der Waals surface area contributed by atoms with Gasteiger partial charge in [-0.3, -0.25) is 4.79 Å². The number of hydrogen-bond acceptors (Lipinski definition) is 6. The molecule has 0 bridgehead atoms. The fourth-order valence-electron chi connectivity index (χ4n) is 2.41. The lowest BCUT2D eigenvalue weighted by Gasteiger charge is -2.10. The number of carbonyl (C=O) groups is 1. The van der Waals surface area contributed by atoms with Gasteiger partial charge in [0.25, 0.3) is 0 Å². The van der Waals surface area contributed by atoms with E-state index in [4.69, 9.17) is 0 Å². The molecule has 0 aliphatic rings. The number of nitriles is 1. The predicted octanol–water partition coefficient (Wildman–Crippen LogP) is 3.34. The summed E-state index contributed by atoms with van der Waals surface area (Å²) < 4.78 is 2.23. The molecule has 0 aliphatic heterocycles. The molecule has 0 saturated heterocycles. The van der Waals surface area contributed by atoms with Crippen LogP contribution in [0.2, 0.25) is 0 Å². The van der Waals surface area contributed by atoms with Crippen molar-refractivity contribution in [1.29, 1.82) is 5.26 Å². The number of aromatic nitrogens is 4. The summed E-state index contributed by atoms with van der Waals surface area (Å²) in [6.45, 7) is 0. The summed E-state index contributed by atoms with van der Waals surface area (Å²) in [5, 5.41) is 10.1. The number of nitrogens with zero attached hydrogens (tertiary/aromatic N) is 5. The van der Waals surface area contributed by atoms with Crippen molar-refractivity contribution in [2.45, 2.75) is 11.1 Å². The molecule has 3 aromatic rings. The van der Waals surface area contributed by atoms with E-state index in [9.17, 15) is 10.1 Å². The number of para-hydroxylation sites is 2. The Morgan fingerprint density at radius 3 is 2.79 bits per heavy atom. The normalized spacial score (nSPS) is 12.1. The van der Waals surface area contributed by atoms with Crippen LogP contribution in [0.25, 0.3) is 11.0 Å². The van der Waals surface area contributed by atoms with E-state index in [1.165, 1.54) is 18.0 Å². The summed E-state index contributed by atoms with van der Waals surface area (Å²) in [6.07, 6.45) is 3.35. The summed E-state index contributed by atoms with van der Waals surface area (Å²) >= 11 is 4.62. The number of hydrogen-bond donors (Lipinski definition) is 0. The van der Waals surface area contributed by atoms with Crippen LogP contribution >= 0.6 is 27.7 Å². The van der Waals surface area contributed by atoms with Crippen LogP contribution in [-0.4, -0.2) is 31.6 Å². The van der Waals surface area contributed by atoms with Crippen LogP contribution in [0.4, 0.5) is 0 Å². The third-order valence-electron chi connectivity index (χ3n) is 3.61. The largest absolute Gasteiger partial charge is 0.330 e. The minimum atomic E-state index is -1.04. The molecule has 0 aliphatic carbocycles. The number of imidazole rings is 1. The maximum absolute atomic E-state index is 12.9. The summed E-state index contributed by atoms with van der Waals surface area (Å²) in [5.74, 6) is -1.04. The molecule has 0 fully saturated rings.